The van der Waals surface area contributed by atoms with Crippen molar-refractivity contribution in [2.75, 3.05) is 13.2 Å². The van der Waals surface area contributed by atoms with E-state index in [1.54, 1.807) is 4.90 Å². The molecule has 0 heterocycles. The average molecular weight is 522 g/mol. The second-order valence-electron chi connectivity index (χ2n) is 7.32. The molecule has 2 aromatic rings. The van der Waals surface area contributed by atoms with Gasteiger partial charge < -0.3 is 15.0 Å². The van der Waals surface area contributed by atoms with Crippen molar-refractivity contribution in [3.05, 3.63) is 63.2 Å². The number of unbranched alkanes of at least 4 members (excludes halogenated alkanes) is 1. The Labute approximate surface area is 193 Å². The van der Waals surface area contributed by atoms with E-state index in [9.17, 15) is 9.59 Å². The normalized spacial score (nSPS) is 11.6. The standard InChI is InChI=1S/C24H31IN2O3/c1-4-6-15-26-24(29)22(5-2)27(16-19-9-7-18(3)8-10-19)23(28)17-30-21-13-11-20(25)12-14-21/h7-14,22H,4-6,15-17H2,1-3H3,(H,26,29)/t22-/m0/s1. The van der Waals surface area contributed by atoms with Crippen LogP contribution in [0.3, 0.4) is 0 Å². The molecule has 0 saturated heterocycles. The van der Waals surface area contributed by atoms with Crippen molar-refractivity contribution in [3.8, 4) is 5.75 Å². The first-order chi connectivity index (χ1) is 14.4. The molecule has 30 heavy (non-hydrogen) atoms. The molecule has 0 spiro atoms. The number of amides is 2. The highest BCUT2D eigenvalue weighted by molar-refractivity contribution is 14.1. The van der Waals surface area contributed by atoms with Crippen LogP contribution in [0.1, 0.15) is 44.2 Å². The average Bonchev–Trinajstić information content (AvgIpc) is 2.74. The number of carbonyl (C=O) groups excluding carboxylic acids is 2. The lowest BCUT2D eigenvalue weighted by atomic mass is 10.1. The summed E-state index contributed by atoms with van der Waals surface area (Å²) in [6.07, 6.45) is 2.47. The number of ether oxygens (including phenoxy) is 1. The van der Waals surface area contributed by atoms with Crippen LogP contribution in [0, 0.1) is 10.5 Å². The number of halogens is 1. The fraction of sp³-hybridized carbons (Fsp3) is 0.417. The SMILES string of the molecule is CCCCNC(=O)[C@H](CC)N(Cc1ccc(C)cc1)C(=O)COc1ccc(I)cc1. The van der Waals surface area contributed by atoms with Crippen LogP contribution in [0.2, 0.25) is 0 Å². The zero-order valence-corrected chi connectivity index (χ0v) is 20.1. The predicted octanol–water partition coefficient (Wildman–Crippen LogP) is 4.70. The van der Waals surface area contributed by atoms with Gasteiger partial charge in [-0.25, -0.2) is 0 Å². The molecule has 0 aliphatic rings. The fourth-order valence-corrected chi connectivity index (χ4v) is 3.43. The number of hydrogen-bond donors (Lipinski definition) is 1. The first-order valence-corrected chi connectivity index (χ1v) is 11.5. The molecular weight excluding hydrogens is 491 g/mol. The monoisotopic (exact) mass is 522 g/mol. The Hall–Kier alpha value is -2.09. The molecule has 0 aromatic heterocycles. The van der Waals surface area contributed by atoms with Crippen LogP contribution in [0.25, 0.3) is 0 Å². The number of carbonyl (C=O) groups is 2. The number of aryl methyl sites for hydroxylation is 1. The van der Waals surface area contributed by atoms with Gasteiger partial charge in [0, 0.05) is 16.7 Å². The van der Waals surface area contributed by atoms with E-state index in [1.165, 1.54) is 0 Å². The van der Waals surface area contributed by atoms with Crippen LogP contribution in [0.5, 0.6) is 5.75 Å². The molecule has 5 nitrogen and oxygen atoms in total. The van der Waals surface area contributed by atoms with Gasteiger partial charge in [-0.2, -0.15) is 0 Å². The Kier molecular flexibility index (Phi) is 10.1. The van der Waals surface area contributed by atoms with Gasteiger partial charge in [-0.15, -0.1) is 0 Å². The minimum atomic E-state index is -0.531. The number of nitrogens with zero attached hydrogens (tertiary/aromatic N) is 1. The van der Waals surface area contributed by atoms with Gasteiger partial charge in [0.05, 0.1) is 0 Å². The largest absolute Gasteiger partial charge is 0.484 e. The van der Waals surface area contributed by atoms with E-state index in [1.807, 2.05) is 62.4 Å². The summed E-state index contributed by atoms with van der Waals surface area (Å²) in [4.78, 5) is 27.6. The van der Waals surface area contributed by atoms with E-state index < -0.39 is 6.04 Å². The molecule has 2 amide bonds. The molecule has 2 rings (SSSR count). The molecule has 1 atom stereocenters. The molecular formula is C24H31IN2O3. The van der Waals surface area contributed by atoms with Crippen molar-refractivity contribution in [2.24, 2.45) is 0 Å². The van der Waals surface area contributed by atoms with E-state index in [0.717, 1.165) is 27.5 Å². The second kappa shape index (κ2) is 12.6. The van der Waals surface area contributed by atoms with Gasteiger partial charge in [-0.3, -0.25) is 9.59 Å². The third kappa shape index (κ3) is 7.63. The van der Waals surface area contributed by atoms with Gasteiger partial charge >= 0.3 is 0 Å². The van der Waals surface area contributed by atoms with Gasteiger partial charge in [0.25, 0.3) is 5.91 Å². The summed E-state index contributed by atoms with van der Waals surface area (Å²) in [5.41, 5.74) is 2.14. The van der Waals surface area contributed by atoms with Gasteiger partial charge in [0.2, 0.25) is 5.91 Å². The highest BCUT2D eigenvalue weighted by Crippen LogP contribution is 2.16. The number of nitrogens with one attached hydrogen (secondary N) is 1. The summed E-state index contributed by atoms with van der Waals surface area (Å²) in [6, 6.07) is 15.0. The van der Waals surface area contributed by atoms with Crippen LogP contribution in [0.15, 0.2) is 48.5 Å². The molecule has 0 radical (unpaired) electrons. The number of benzene rings is 2. The van der Waals surface area contributed by atoms with Crippen molar-refractivity contribution in [2.45, 2.75) is 52.6 Å². The number of rotatable bonds is 11. The summed E-state index contributed by atoms with van der Waals surface area (Å²) >= 11 is 2.22. The summed E-state index contributed by atoms with van der Waals surface area (Å²) in [5.74, 6) is 0.326. The highest BCUT2D eigenvalue weighted by atomic mass is 127. The lowest BCUT2D eigenvalue weighted by molar-refractivity contribution is -0.143. The Balaban J connectivity index is 2.15. The van der Waals surface area contributed by atoms with Crippen LogP contribution < -0.4 is 10.1 Å². The maximum Gasteiger partial charge on any atom is 0.261 e. The van der Waals surface area contributed by atoms with Crippen LogP contribution in [-0.4, -0.2) is 35.9 Å². The Morgan fingerprint density at radius 3 is 2.33 bits per heavy atom. The minimum Gasteiger partial charge on any atom is -0.484 e. The highest BCUT2D eigenvalue weighted by Gasteiger charge is 2.28. The van der Waals surface area contributed by atoms with E-state index >= 15 is 0 Å². The van der Waals surface area contributed by atoms with Crippen molar-refractivity contribution in [3.63, 3.8) is 0 Å². The van der Waals surface area contributed by atoms with E-state index in [0.29, 0.717) is 25.3 Å². The van der Waals surface area contributed by atoms with Crippen molar-refractivity contribution >= 4 is 34.4 Å². The summed E-state index contributed by atoms with van der Waals surface area (Å²) in [5, 5.41) is 2.97. The van der Waals surface area contributed by atoms with Gasteiger partial charge in [-0.1, -0.05) is 50.1 Å². The van der Waals surface area contributed by atoms with Crippen molar-refractivity contribution in [1.29, 1.82) is 0 Å². The van der Waals surface area contributed by atoms with Crippen LogP contribution >= 0.6 is 22.6 Å². The number of hydrogen-bond acceptors (Lipinski definition) is 3. The second-order valence-corrected chi connectivity index (χ2v) is 8.56. The topological polar surface area (TPSA) is 58.6 Å². The van der Waals surface area contributed by atoms with E-state index in [2.05, 4.69) is 34.8 Å². The third-order valence-corrected chi connectivity index (χ3v) is 5.58. The smallest absolute Gasteiger partial charge is 0.261 e. The molecule has 0 saturated carbocycles. The van der Waals surface area contributed by atoms with Crippen molar-refractivity contribution < 1.29 is 14.3 Å². The molecule has 0 aliphatic carbocycles. The van der Waals surface area contributed by atoms with Crippen LogP contribution in [-0.2, 0) is 16.1 Å². The molecule has 0 fully saturated rings. The molecule has 0 aliphatic heterocycles. The quantitative estimate of drug-likeness (QED) is 0.344. The van der Waals surface area contributed by atoms with Crippen LogP contribution in [0.4, 0.5) is 0 Å². The Morgan fingerprint density at radius 1 is 1.07 bits per heavy atom. The zero-order valence-electron chi connectivity index (χ0n) is 18.0. The Morgan fingerprint density at radius 2 is 1.73 bits per heavy atom. The summed E-state index contributed by atoms with van der Waals surface area (Å²) in [6.45, 7) is 6.92. The maximum atomic E-state index is 13.1. The van der Waals surface area contributed by atoms with Gasteiger partial charge in [-0.05, 0) is 72.2 Å². The lowest BCUT2D eigenvalue weighted by Crippen LogP contribution is -2.50. The Bertz CT molecular complexity index is 806. The van der Waals surface area contributed by atoms with E-state index in [4.69, 9.17) is 4.74 Å². The molecule has 1 N–H and O–H groups in total. The summed E-state index contributed by atoms with van der Waals surface area (Å²) in [7, 11) is 0. The molecule has 6 heteroatoms. The zero-order chi connectivity index (χ0) is 21.9. The van der Waals surface area contributed by atoms with E-state index in [-0.39, 0.29) is 18.4 Å². The first kappa shape index (κ1) is 24.2. The molecule has 162 valence electrons. The minimum absolute atomic E-state index is 0.106. The first-order valence-electron chi connectivity index (χ1n) is 10.5. The predicted molar refractivity (Wildman–Crippen MR) is 128 cm³/mol. The fourth-order valence-electron chi connectivity index (χ4n) is 3.07. The third-order valence-electron chi connectivity index (χ3n) is 4.86. The van der Waals surface area contributed by atoms with Gasteiger partial charge in [0.1, 0.15) is 11.8 Å². The maximum absolute atomic E-state index is 13.1. The van der Waals surface area contributed by atoms with Crippen molar-refractivity contribution in [1.82, 2.24) is 10.2 Å². The molecule has 2 aromatic carbocycles. The molecule has 0 bridgehead atoms. The lowest BCUT2D eigenvalue weighted by Gasteiger charge is -2.30. The summed E-state index contributed by atoms with van der Waals surface area (Å²) < 4.78 is 6.81. The molecule has 0 unspecified atom stereocenters. The van der Waals surface area contributed by atoms with Gasteiger partial charge in [0.15, 0.2) is 6.61 Å².